The molecule has 1 N–H and O–H groups in total. The summed E-state index contributed by atoms with van der Waals surface area (Å²) in [4.78, 5) is 10.6. The van der Waals surface area contributed by atoms with Crippen LogP contribution in [0, 0.1) is 11.3 Å². The zero-order chi connectivity index (χ0) is 10.6. The normalized spacial score (nSPS) is 11.7. The van der Waals surface area contributed by atoms with Crippen molar-refractivity contribution in [1.29, 1.82) is 5.26 Å². The molecule has 1 aromatic rings. The number of carboxylic acids is 1. The molecular formula is C8H7N3O2S. The summed E-state index contributed by atoms with van der Waals surface area (Å²) in [6, 6.07) is 3.43. The van der Waals surface area contributed by atoms with E-state index in [-0.39, 0.29) is 0 Å². The summed E-state index contributed by atoms with van der Waals surface area (Å²) >= 11 is 1.01. The standard InChI is InChI=1S/C8H7N3O2S/c1-5(8(12)13)14-7-6(4-9)2-3-10-11-7/h2-3,5H,1H3,(H,12,13). The highest BCUT2D eigenvalue weighted by Gasteiger charge is 2.15. The zero-order valence-corrected chi connectivity index (χ0v) is 8.15. The lowest BCUT2D eigenvalue weighted by molar-refractivity contribution is -0.136. The van der Waals surface area contributed by atoms with Gasteiger partial charge in [-0.1, -0.05) is 11.8 Å². The lowest BCUT2D eigenvalue weighted by Crippen LogP contribution is -2.12. The highest BCUT2D eigenvalue weighted by atomic mass is 32.2. The van der Waals surface area contributed by atoms with Gasteiger partial charge in [0.05, 0.1) is 11.8 Å². The molecule has 0 aliphatic rings. The molecule has 1 atom stereocenters. The quantitative estimate of drug-likeness (QED) is 0.744. The Morgan fingerprint density at radius 2 is 2.50 bits per heavy atom. The monoisotopic (exact) mass is 209 g/mol. The van der Waals surface area contributed by atoms with Crippen molar-refractivity contribution in [2.24, 2.45) is 0 Å². The lowest BCUT2D eigenvalue weighted by atomic mass is 10.3. The molecule has 0 aliphatic carbocycles. The fraction of sp³-hybridized carbons (Fsp3) is 0.250. The lowest BCUT2D eigenvalue weighted by Gasteiger charge is -2.04. The number of nitrogens with zero attached hydrogens (tertiary/aromatic N) is 3. The number of hydrogen-bond donors (Lipinski definition) is 1. The smallest absolute Gasteiger partial charge is 0.316 e. The number of carboxylic acid groups (broad SMARTS) is 1. The van der Waals surface area contributed by atoms with Gasteiger partial charge < -0.3 is 5.11 Å². The summed E-state index contributed by atoms with van der Waals surface area (Å²) in [5.41, 5.74) is 0.345. The van der Waals surface area contributed by atoms with Crippen LogP contribution < -0.4 is 0 Å². The van der Waals surface area contributed by atoms with Crippen LogP contribution in [-0.2, 0) is 4.79 Å². The number of carbonyl (C=O) groups is 1. The molecule has 0 amide bonds. The van der Waals surface area contributed by atoms with E-state index in [0.717, 1.165) is 11.8 Å². The van der Waals surface area contributed by atoms with Gasteiger partial charge in [0.25, 0.3) is 0 Å². The maximum atomic E-state index is 10.6. The second-order valence-electron chi connectivity index (χ2n) is 2.46. The summed E-state index contributed by atoms with van der Waals surface area (Å²) in [5, 5.41) is 24.3. The molecule has 6 heteroatoms. The van der Waals surface area contributed by atoms with Gasteiger partial charge in [0.1, 0.15) is 16.3 Å². The first kappa shape index (κ1) is 10.5. The third kappa shape index (κ3) is 2.44. The minimum absolute atomic E-state index is 0.345. The summed E-state index contributed by atoms with van der Waals surface area (Å²) in [6.45, 7) is 1.53. The molecule has 0 saturated carbocycles. The van der Waals surface area contributed by atoms with Gasteiger partial charge in [-0.05, 0) is 13.0 Å². The molecule has 72 valence electrons. The topological polar surface area (TPSA) is 86.9 Å². The highest BCUT2D eigenvalue weighted by molar-refractivity contribution is 8.00. The van der Waals surface area contributed by atoms with Crippen molar-refractivity contribution in [2.75, 3.05) is 0 Å². The van der Waals surface area contributed by atoms with Crippen LogP contribution in [0.1, 0.15) is 12.5 Å². The average Bonchev–Trinajstić information content (AvgIpc) is 2.18. The van der Waals surface area contributed by atoms with Crippen molar-refractivity contribution in [2.45, 2.75) is 17.2 Å². The van der Waals surface area contributed by atoms with Crippen molar-refractivity contribution in [3.05, 3.63) is 17.8 Å². The first-order valence-electron chi connectivity index (χ1n) is 3.76. The van der Waals surface area contributed by atoms with E-state index in [1.165, 1.54) is 19.2 Å². The van der Waals surface area contributed by atoms with Gasteiger partial charge in [0, 0.05) is 0 Å². The third-order valence-electron chi connectivity index (χ3n) is 1.44. The van der Waals surface area contributed by atoms with Crippen LogP contribution in [0.4, 0.5) is 0 Å². The van der Waals surface area contributed by atoms with Crippen molar-refractivity contribution >= 4 is 17.7 Å². The SMILES string of the molecule is CC(Sc1nnccc1C#N)C(=O)O. The molecule has 0 aliphatic heterocycles. The van der Waals surface area contributed by atoms with E-state index >= 15 is 0 Å². The van der Waals surface area contributed by atoms with Crippen LogP contribution in [0.3, 0.4) is 0 Å². The van der Waals surface area contributed by atoms with E-state index in [0.29, 0.717) is 10.6 Å². The Bertz CT molecular complexity index is 388. The molecular weight excluding hydrogens is 202 g/mol. The third-order valence-corrected chi connectivity index (χ3v) is 2.52. The fourth-order valence-corrected chi connectivity index (χ4v) is 1.48. The first-order valence-corrected chi connectivity index (χ1v) is 4.64. The van der Waals surface area contributed by atoms with Crippen LogP contribution in [0.5, 0.6) is 0 Å². The Labute approximate surface area is 84.8 Å². The summed E-state index contributed by atoms with van der Waals surface area (Å²) < 4.78 is 0. The van der Waals surface area contributed by atoms with Gasteiger partial charge in [-0.15, -0.1) is 5.10 Å². The molecule has 14 heavy (non-hydrogen) atoms. The minimum Gasteiger partial charge on any atom is -0.480 e. The molecule has 0 spiro atoms. The van der Waals surface area contributed by atoms with E-state index in [9.17, 15) is 4.79 Å². The summed E-state index contributed by atoms with van der Waals surface area (Å²) in [7, 11) is 0. The Morgan fingerprint density at radius 3 is 3.07 bits per heavy atom. The Balaban J connectivity index is 2.87. The van der Waals surface area contributed by atoms with Crippen molar-refractivity contribution < 1.29 is 9.90 Å². The van der Waals surface area contributed by atoms with E-state index < -0.39 is 11.2 Å². The summed E-state index contributed by atoms with van der Waals surface area (Å²) in [6.07, 6.45) is 1.40. The van der Waals surface area contributed by atoms with Gasteiger partial charge in [-0.2, -0.15) is 10.4 Å². The molecule has 5 nitrogen and oxygen atoms in total. The Kier molecular flexibility index (Phi) is 3.42. The number of rotatable bonds is 3. The number of aliphatic carboxylic acids is 1. The fourth-order valence-electron chi connectivity index (χ4n) is 0.709. The van der Waals surface area contributed by atoms with Crippen molar-refractivity contribution in [3.8, 4) is 6.07 Å². The number of thioether (sulfide) groups is 1. The van der Waals surface area contributed by atoms with Crippen LogP contribution in [0.15, 0.2) is 17.3 Å². The highest BCUT2D eigenvalue weighted by Crippen LogP contribution is 2.23. The largest absolute Gasteiger partial charge is 0.480 e. The molecule has 1 unspecified atom stereocenters. The second-order valence-corrected chi connectivity index (χ2v) is 3.79. The maximum Gasteiger partial charge on any atom is 0.316 e. The minimum atomic E-state index is -0.940. The zero-order valence-electron chi connectivity index (χ0n) is 7.34. The van der Waals surface area contributed by atoms with E-state index in [4.69, 9.17) is 10.4 Å². The van der Waals surface area contributed by atoms with Gasteiger partial charge in [-0.3, -0.25) is 4.79 Å². The first-order chi connectivity index (χ1) is 6.65. The van der Waals surface area contributed by atoms with Crippen LogP contribution >= 0.6 is 11.8 Å². The van der Waals surface area contributed by atoms with E-state index in [1.807, 2.05) is 6.07 Å². The number of hydrogen-bond acceptors (Lipinski definition) is 5. The molecule has 1 heterocycles. The predicted octanol–water partition coefficient (Wildman–Crippen LogP) is 0.913. The Hall–Kier alpha value is -1.61. The van der Waals surface area contributed by atoms with Gasteiger partial charge >= 0.3 is 5.97 Å². The van der Waals surface area contributed by atoms with E-state index in [2.05, 4.69) is 10.2 Å². The second kappa shape index (κ2) is 4.58. The molecule has 0 radical (unpaired) electrons. The number of aromatic nitrogens is 2. The van der Waals surface area contributed by atoms with Gasteiger partial charge in [0.15, 0.2) is 0 Å². The molecule has 0 aromatic carbocycles. The van der Waals surface area contributed by atoms with Crippen LogP contribution in [-0.4, -0.2) is 26.5 Å². The average molecular weight is 209 g/mol. The van der Waals surface area contributed by atoms with Crippen molar-refractivity contribution in [3.63, 3.8) is 0 Å². The molecule has 0 fully saturated rings. The molecule has 1 rings (SSSR count). The van der Waals surface area contributed by atoms with Crippen LogP contribution in [0.25, 0.3) is 0 Å². The molecule has 0 bridgehead atoms. The molecule has 0 saturated heterocycles. The number of nitriles is 1. The van der Waals surface area contributed by atoms with E-state index in [1.54, 1.807) is 0 Å². The Morgan fingerprint density at radius 1 is 1.79 bits per heavy atom. The molecule has 1 aromatic heterocycles. The van der Waals surface area contributed by atoms with Crippen molar-refractivity contribution in [1.82, 2.24) is 10.2 Å². The van der Waals surface area contributed by atoms with Crippen LogP contribution in [0.2, 0.25) is 0 Å². The predicted molar refractivity (Wildman–Crippen MR) is 49.7 cm³/mol. The van der Waals surface area contributed by atoms with Gasteiger partial charge in [0.2, 0.25) is 0 Å². The summed E-state index contributed by atoms with van der Waals surface area (Å²) in [5.74, 6) is -0.940. The maximum absolute atomic E-state index is 10.6. The van der Waals surface area contributed by atoms with Gasteiger partial charge in [-0.25, -0.2) is 0 Å².